The second-order valence-corrected chi connectivity index (χ2v) is 7.05. The van der Waals surface area contributed by atoms with E-state index in [9.17, 15) is 8.42 Å². The molecule has 3 rings (SSSR count). The van der Waals surface area contributed by atoms with Gasteiger partial charge in [0.15, 0.2) is 0 Å². The summed E-state index contributed by atoms with van der Waals surface area (Å²) in [6, 6.07) is 15.3. The molecule has 0 aliphatic carbocycles. The zero-order valence-corrected chi connectivity index (χ0v) is 12.5. The molecule has 110 valence electrons. The van der Waals surface area contributed by atoms with Crippen molar-refractivity contribution in [3.63, 3.8) is 0 Å². The van der Waals surface area contributed by atoms with Gasteiger partial charge >= 0.3 is 0 Å². The fourth-order valence-corrected chi connectivity index (χ4v) is 3.59. The van der Waals surface area contributed by atoms with Gasteiger partial charge < -0.3 is 5.32 Å². The van der Waals surface area contributed by atoms with Crippen molar-refractivity contribution in [3.8, 4) is 0 Å². The number of benzene rings is 2. The minimum Gasteiger partial charge on any atom is -0.384 e. The van der Waals surface area contributed by atoms with Gasteiger partial charge in [0.05, 0.1) is 5.75 Å². The molecule has 5 heteroatoms. The third-order valence-corrected chi connectivity index (χ3v) is 4.88. The van der Waals surface area contributed by atoms with E-state index in [1.165, 1.54) is 5.56 Å². The van der Waals surface area contributed by atoms with Crippen LogP contribution in [0.3, 0.4) is 0 Å². The maximum Gasteiger partial charge on any atom is 0.233 e. The van der Waals surface area contributed by atoms with Crippen molar-refractivity contribution < 1.29 is 8.42 Å². The number of hydrogen-bond acceptors (Lipinski definition) is 3. The average Bonchev–Trinajstić information content (AvgIpc) is 2.93. The van der Waals surface area contributed by atoms with E-state index in [1.54, 1.807) is 6.07 Å². The van der Waals surface area contributed by atoms with Crippen LogP contribution in [0.15, 0.2) is 48.5 Å². The standard InChI is InChI=1S/C16H18N2O2S/c19-21(20,11-9-13-4-2-1-3-5-13)18-15-6-7-16-14(12-15)8-10-17-16/h1-7,12,17-18H,8-11H2. The molecule has 0 unspecified atom stereocenters. The lowest BCUT2D eigenvalue weighted by molar-refractivity contribution is 0.600. The van der Waals surface area contributed by atoms with Gasteiger partial charge in [0.25, 0.3) is 0 Å². The van der Waals surface area contributed by atoms with Crippen LogP contribution >= 0.6 is 0 Å². The molecule has 0 bridgehead atoms. The van der Waals surface area contributed by atoms with Crippen molar-refractivity contribution in [1.82, 2.24) is 0 Å². The van der Waals surface area contributed by atoms with Crippen LogP contribution < -0.4 is 10.0 Å². The van der Waals surface area contributed by atoms with E-state index in [-0.39, 0.29) is 5.75 Å². The number of fused-ring (bicyclic) bond motifs is 1. The summed E-state index contributed by atoms with van der Waals surface area (Å²) in [6.07, 6.45) is 1.46. The van der Waals surface area contributed by atoms with Crippen LogP contribution in [0.1, 0.15) is 11.1 Å². The molecule has 2 N–H and O–H groups in total. The molecule has 0 amide bonds. The molecule has 2 aromatic carbocycles. The first-order valence-electron chi connectivity index (χ1n) is 7.04. The fraction of sp³-hybridized carbons (Fsp3) is 0.250. The highest BCUT2D eigenvalue weighted by Crippen LogP contribution is 2.25. The molecule has 0 atom stereocenters. The zero-order valence-electron chi connectivity index (χ0n) is 11.7. The summed E-state index contributed by atoms with van der Waals surface area (Å²) in [5, 5.41) is 3.26. The van der Waals surface area contributed by atoms with Gasteiger partial charge in [0, 0.05) is 17.9 Å². The molecule has 21 heavy (non-hydrogen) atoms. The van der Waals surface area contributed by atoms with Crippen LogP contribution in [-0.2, 0) is 22.9 Å². The first-order chi connectivity index (χ1) is 10.1. The molecular weight excluding hydrogens is 284 g/mol. The van der Waals surface area contributed by atoms with Crippen molar-refractivity contribution in [2.45, 2.75) is 12.8 Å². The van der Waals surface area contributed by atoms with Gasteiger partial charge in [-0.2, -0.15) is 0 Å². The van der Waals surface area contributed by atoms with E-state index >= 15 is 0 Å². The highest BCUT2D eigenvalue weighted by atomic mass is 32.2. The van der Waals surface area contributed by atoms with E-state index < -0.39 is 10.0 Å². The summed E-state index contributed by atoms with van der Waals surface area (Å²) in [6.45, 7) is 0.916. The first-order valence-corrected chi connectivity index (χ1v) is 8.69. The topological polar surface area (TPSA) is 58.2 Å². The fourth-order valence-electron chi connectivity index (χ4n) is 2.50. The van der Waals surface area contributed by atoms with Gasteiger partial charge in [-0.25, -0.2) is 8.42 Å². The Morgan fingerprint density at radius 1 is 1.10 bits per heavy atom. The summed E-state index contributed by atoms with van der Waals surface area (Å²) < 4.78 is 27.0. The summed E-state index contributed by atoms with van der Waals surface area (Å²) >= 11 is 0. The SMILES string of the molecule is O=S(=O)(CCc1ccccc1)Nc1ccc2c(c1)CCN2. The largest absolute Gasteiger partial charge is 0.384 e. The molecule has 2 aromatic rings. The Balaban J connectivity index is 1.66. The summed E-state index contributed by atoms with van der Waals surface area (Å²) in [7, 11) is -3.32. The van der Waals surface area contributed by atoms with E-state index in [4.69, 9.17) is 0 Å². The van der Waals surface area contributed by atoms with Crippen molar-refractivity contribution in [2.75, 3.05) is 22.3 Å². The van der Waals surface area contributed by atoms with Crippen LogP contribution in [0.5, 0.6) is 0 Å². The number of rotatable bonds is 5. The molecule has 0 fully saturated rings. The third-order valence-electron chi connectivity index (χ3n) is 3.59. The minimum atomic E-state index is -3.32. The Kier molecular flexibility index (Phi) is 3.84. The third kappa shape index (κ3) is 3.55. The van der Waals surface area contributed by atoms with Crippen molar-refractivity contribution >= 4 is 21.4 Å². The summed E-state index contributed by atoms with van der Waals surface area (Å²) in [5.41, 5.74) is 3.94. The van der Waals surface area contributed by atoms with E-state index in [2.05, 4.69) is 10.0 Å². The monoisotopic (exact) mass is 302 g/mol. The minimum absolute atomic E-state index is 0.0896. The number of nitrogens with one attached hydrogen (secondary N) is 2. The quantitative estimate of drug-likeness (QED) is 0.892. The summed E-state index contributed by atoms with van der Waals surface area (Å²) in [4.78, 5) is 0. The number of aryl methyl sites for hydroxylation is 1. The van der Waals surface area contributed by atoms with Crippen molar-refractivity contribution in [1.29, 1.82) is 0 Å². The normalized spacial score (nSPS) is 13.5. The van der Waals surface area contributed by atoms with Gasteiger partial charge in [-0.05, 0) is 42.2 Å². The van der Waals surface area contributed by atoms with Gasteiger partial charge in [0.2, 0.25) is 10.0 Å². The zero-order chi connectivity index (χ0) is 14.7. The Morgan fingerprint density at radius 3 is 2.71 bits per heavy atom. The Morgan fingerprint density at radius 2 is 1.90 bits per heavy atom. The molecular formula is C16H18N2O2S. The molecule has 0 saturated heterocycles. The van der Waals surface area contributed by atoms with Gasteiger partial charge in [0.1, 0.15) is 0 Å². The summed E-state index contributed by atoms with van der Waals surface area (Å²) in [5.74, 6) is 0.0896. The average molecular weight is 302 g/mol. The molecule has 4 nitrogen and oxygen atoms in total. The first kappa shape index (κ1) is 13.9. The second-order valence-electron chi connectivity index (χ2n) is 5.21. The van der Waals surface area contributed by atoms with Crippen molar-refractivity contribution in [3.05, 3.63) is 59.7 Å². The Labute approximate surface area is 125 Å². The lowest BCUT2D eigenvalue weighted by atomic mass is 10.1. The molecule has 1 heterocycles. The second kappa shape index (κ2) is 5.77. The van der Waals surface area contributed by atoms with Gasteiger partial charge in [-0.15, -0.1) is 0 Å². The molecule has 0 radical (unpaired) electrons. The highest BCUT2D eigenvalue weighted by Gasteiger charge is 2.14. The van der Waals surface area contributed by atoms with Crippen LogP contribution in [0.4, 0.5) is 11.4 Å². The van der Waals surface area contributed by atoms with Crippen LogP contribution in [0, 0.1) is 0 Å². The van der Waals surface area contributed by atoms with Gasteiger partial charge in [-0.3, -0.25) is 4.72 Å². The molecule has 0 spiro atoms. The lowest BCUT2D eigenvalue weighted by Gasteiger charge is -2.09. The van der Waals surface area contributed by atoms with E-state index in [0.29, 0.717) is 12.1 Å². The van der Waals surface area contributed by atoms with Crippen LogP contribution in [0.25, 0.3) is 0 Å². The number of anilines is 2. The van der Waals surface area contributed by atoms with Gasteiger partial charge in [-0.1, -0.05) is 30.3 Å². The highest BCUT2D eigenvalue weighted by molar-refractivity contribution is 7.92. The van der Waals surface area contributed by atoms with E-state index in [1.807, 2.05) is 42.5 Å². The predicted molar refractivity (Wildman–Crippen MR) is 86.2 cm³/mol. The Bertz CT molecular complexity index is 727. The molecule has 0 saturated carbocycles. The Hall–Kier alpha value is -2.01. The smallest absolute Gasteiger partial charge is 0.233 e. The number of hydrogen-bond donors (Lipinski definition) is 2. The maximum atomic E-state index is 12.1. The number of sulfonamides is 1. The van der Waals surface area contributed by atoms with Crippen molar-refractivity contribution in [2.24, 2.45) is 0 Å². The molecule has 0 aromatic heterocycles. The molecule has 1 aliphatic heterocycles. The molecule has 1 aliphatic rings. The maximum absolute atomic E-state index is 12.1. The lowest BCUT2D eigenvalue weighted by Crippen LogP contribution is -2.18. The predicted octanol–water partition coefficient (Wildman–Crippen LogP) is 2.64. The van der Waals surface area contributed by atoms with Crippen LogP contribution in [0.2, 0.25) is 0 Å². The van der Waals surface area contributed by atoms with E-state index in [0.717, 1.165) is 24.2 Å². The van der Waals surface area contributed by atoms with Crippen LogP contribution in [-0.4, -0.2) is 20.7 Å².